The van der Waals surface area contributed by atoms with Crippen molar-refractivity contribution in [2.45, 2.75) is 64.3 Å². The van der Waals surface area contributed by atoms with Crippen molar-refractivity contribution in [2.75, 3.05) is 24.7 Å². The number of anilines is 1. The summed E-state index contributed by atoms with van der Waals surface area (Å²) in [6.07, 6.45) is 0.648. The molecule has 3 rings (SSSR count). The molecule has 0 saturated heterocycles. The number of hydrogen-bond donors (Lipinski definition) is 2. The van der Waals surface area contributed by atoms with E-state index < -0.39 is 38.3 Å². The number of amides is 1. The zero-order chi connectivity index (χ0) is 28.0. The Kier molecular flexibility index (Phi) is 7.26. The Bertz CT molecular complexity index is 1270. The van der Waals surface area contributed by atoms with Crippen LogP contribution < -0.4 is 19.5 Å². The third-order valence-electron chi connectivity index (χ3n) is 7.37. The third kappa shape index (κ3) is 4.72. The van der Waals surface area contributed by atoms with Crippen LogP contribution in [0.3, 0.4) is 0 Å². The Morgan fingerprint density at radius 3 is 2.24 bits per heavy atom. The van der Waals surface area contributed by atoms with Gasteiger partial charge in [-0.05, 0) is 38.3 Å². The first kappa shape index (κ1) is 28.6. The zero-order valence-corrected chi connectivity index (χ0v) is 23.6. The predicted octanol–water partition coefficient (Wildman–Crippen LogP) is 3.96. The van der Waals surface area contributed by atoms with Gasteiger partial charge in [0, 0.05) is 24.1 Å². The second-order valence-electron chi connectivity index (χ2n) is 11.1. The van der Waals surface area contributed by atoms with Crippen LogP contribution in [0, 0.1) is 5.41 Å². The van der Waals surface area contributed by atoms with Gasteiger partial charge in [-0.25, -0.2) is 13.2 Å². The van der Waals surface area contributed by atoms with E-state index in [9.17, 15) is 18.3 Å². The fourth-order valence-electron chi connectivity index (χ4n) is 5.42. The van der Waals surface area contributed by atoms with Crippen LogP contribution >= 0.6 is 0 Å². The van der Waals surface area contributed by atoms with Gasteiger partial charge in [-0.3, -0.25) is 4.31 Å². The first-order valence-electron chi connectivity index (χ1n) is 12.0. The number of carbonyl (C=O) groups excluding carboxylic acids is 1. The molecule has 0 radical (unpaired) electrons. The summed E-state index contributed by atoms with van der Waals surface area (Å²) in [6, 6.07) is 12.7. The fraction of sp³-hybridized carbons (Fsp3) is 0.519. The molecule has 0 spiro atoms. The predicted molar refractivity (Wildman–Crippen MR) is 142 cm³/mol. The van der Waals surface area contributed by atoms with Crippen LogP contribution in [0.1, 0.15) is 52.2 Å². The molecule has 0 saturated carbocycles. The van der Waals surface area contributed by atoms with Gasteiger partial charge in [0.1, 0.15) is 22.7 Å². The van der Waals surface area contributed by atoms with Crippen molar-refractivity contribution < 1.29 is 32.5 Å². The topological polar surface area (TPSA) is 128 Å². The van der Waals surface area contributed by atoms with Crippen molar-refractivity contribution in [2.24, 2.45) is 11.1 Å². The molecule has 2 aromatic rings. The number of carbonyl (C=O) groups is 1. The smallest absolute Gasteiger partial charge is 0.405 e. The lowest BCUT2D eigenvalue weighted by atomic mass is 9.55. The largest absolute Gasteiger partial charge is 0.495 e. The summed E-state index contributed by atoms with van der Waals surface area (Å²) < 4.78 is 43.8. The Balaban J connectivity index is 2.38. The average molecular weight is 535 g/mol. The van der Waals surface area contributed by atoms with Crippen molar-refractivity contribution in [3.63, 3.8) is 0 Å². The average Bonchev–Trinajstić information content (AvgIpc) is 2.78. The van der Waals surface area contributed by atoms with Gasteiger partial charge in [-0.1, -0.05) is 51.1 Å². The third-order valence-corrected chi connectivity index (χ3v) is 8.56. The van der Waals surface area contributed by atoms with Crippen molar-refractivity contribution in [3.8, 4) is 11.5 Å². The normalized spacial score (nSPS) is 22.9. The summed E-state index contributed by atoms with van der Waals surface area (Å²) in [5.41, 5.74) is 1.53. The van der Waals surface area contributed by atoms with E-state index in [0.29, 0.717) is 12.0 Å². The molecule has 0 aromatic heterocycles. The molecule has 3 N–H and O–H groups in total. The molecule has 1 heterocycles. The zero-order valence-electron chi connectivity index (χ0n) is 22.8. The number of primary amides is 1. The fourth-order valence-corrected chi connectivity index (χ4v) is 5.92. The number of hydrogen-bond acceptors (Lipinski definition) is 7. The van der Waals surface area contributed by atoms with Crippen LogP contribution in [-0.2, 0) is 26.8 Å². The molecular weight excluding hydrogens is 496 g/mol. The van der Waals surface area contributed by atoms with Crippen molar-refractivity contribution in [1.29, 1.82) is 0 Å². The second-order valence-corrected chi connectivity index (χ2v) is 13.1. The molecule has 2 aromatic carbocycles. The summed E-state index contributed by atoms with van der Waals surface area (Å²) in [5.74, 6) is 0.443. The van der Waals surface area contributed by atoms with E-state index in [1.165, 1.54) is 20.2 Å². The highest BCUT2D eigenvalue weighted by molar-refractivity contribution is 7.92. The van der Waals surface area contributed by atoms with Crippen molar-refractivity contribution in [1.82, 2.24) is 0 Å². The molecule has 0 fully saturated rings. The van der Waals surface area contributed by atoms with Gasteiger partial charge in [0.05, 0.1) is 19.1 Å². The molecule has 0 bridgehead atoms. The lowest BCUT2D eigenvalue weighted by Gasteiger charge is -2.61. The van der Waals surface area contributed by atoms with E-state index >= 15 is 0 Å². The number of aliphatic hydroxyl groups is 1. The maximum Gasteiger partial charge on any atom is 0.405 e. The van der Waals surface area contributed by atoms with Gasteiger partial charge in [0.15, 0.2) is 5.60 Å². The summed E-state index contributed by atoms with van der Waals surface area (Å²) in [4.78, 5) is 12.5. The highest BCUT2D eigenvalue weighted by atomic mass is 32.2. The van der Waals surface area contributed by atoms with E-state index in [4.69, 9.17) is 19.9 Å². The monoisotopic (exact) mass is 534 g/mol. The summed E-state index contributed by atoms with van der Waals surface area (Å²) in [5, 5.41) is 12.7. The van der Waals surface area contributed by atoms with Gasteiger partial charge in [-0.15, -0.1) is 0 Å². The SMILES string of the molecule is COc1cc2c(cc1N(C)S(C)(=O)=O)OC(C)(C)[C@](O)(CCc1ccccc1)[C@]2(OC(N)=O)C(C)(C)C. The van der Waals surface area contributed by atoms with Crippen LogP contribution in [-0.4, -0.2) is 51.2 Å². The van der Waals surface area contributed by atoms with E-state index in [1.54, 1.807) is 19.9 Å². The molecule has 1 aliphatic heterocycles. The van der Waals surface area contributed by atoms with Gasteiger partial charge < -0.3 is 25.1 Å². The molecule has 0 aliphatic carbocycles. The van der Waals surface area contributed by atoms with Gasteiger partial charge in [0.25, 0.3) is 0 Å². The number of fused-ring (bicyclic) bond motifs is 1. The Hall–Kier alpha value is -2.98. The van der Waals surface area contributed by atoms with Crippen LogP contribution in [0.25, 0.3) is 0 Å². The van der Waals surface area contributed by atoms with Gasteiger partial charge >= 0.3 is 6.09 Å². The molecule has 204 valence electrons. The maximum absolute atomic E-state index is 12.7. The molecule has 37 heavy (non-hydrogen) atoms. The first-order valence-corrected chi connectivity index (χ1v) is 13.9. The number of sulfonamides is 1. The number of methoxy groups -OCH3 is 1. The lowest BCUT2D eigenvalue weighted by Crippen LogP contribution is -2.73. The molecule has 9 nitrogen and oxygen atoms in total. The molecule has 1 aliphatic rings. The Labute approximate surface area is 219 Å². The number of rotatable bonds is 7. The number of nitrogens with zero attached hydrogens (tertiary/aromatic N) is 1. The van der Waals surface area contributed by atoms with Crippen molar-refractivity contribution >= 4 is 21.8 Å². The Morgan fingerprint density at radius 1 is 1.16 bits per heavy atom. The molecule has 1 amide bonds. The van der Waals surface area contributed by atoms with E-state index in [0.717, 1.165) is 16.1 Å². The second kappa shape index (κ2) is 9.40. The highest BCUT2D eigenvalue weighted by Gasteiger charge is 2.71. The van der Waals surface area contributed by atoms with Crippen LogP contribution in [0.15, 0.2) is 42.5 Å². The first-order chi connectivity index (χ1) is 16.9. The lowest BCUT2D eigenvalue weighted by molar-refractivity contribution is -0.281. The van der Waals surface area contributed by atoms with E-state index in [1.807, 2.05) is 51.1 Å². The highest BCUT2D eigenvalue weighted by Crippen LogP contribution is 2.62. The van der Waals surface area contributed by atoms with Crippen LogP contribution in [0.2, 0.25) is 0 Å². The summed E-state index contributed by atoms with van der Waals surface area (Å²) >= 11 is 0. The quantitative estimate of drug-likeness (QED) is 0.550. The molecule has 0 unspecified atom stereocenters. The summed E-state index contributed by atoms with van der Waals surface area (Å²) in [6.45, 7) is 8.97. The number of benzene rings is 2. The van der Waals surface area contributed by atoms with Gasteiger partial charge in [0.2, 0.25) is 10.0 Å². The number of aryl methyl sites for hydroxylation is 1. The standard InChI is InChI=1S/C27H38N2O7S/c1-24(2,3)27(36-23(28)30)19-16-22(34-7)20(29(6)37(8,32)33)17-21(19)35-25(4,5)26(27,31)15-14-18-12-10-9-11-13-18/h9-13,16-17,31H,14-15H2,1-8H3,(H2,28,30)/t26-,27-/m1/s1. The van der Waals surface area contributed by atoms with Crippen LogP contribution in [0.4, 0.5) is 10.5 Å². The summed E-state index contributed by atoms with van der Waals surface area (Å²) in [7, 11) is -0.829. The molecular formula is C27H38N2O7S. The van der Waals surface area contributed by atoms with Crippen molar-refractivity contribution in [3.05, 3.63) is 53.6 Å². The van der Waals surface area contributed by atoms with E-state index in [-0.39, 0.29) is 23.6 Å². The molecule has 2 atom stereocenters. The molecule has 10 heteroatoms. The minimum Gasteiger partial charge on any atom is -0.495 e. The minimum absolute atomic E-state index is 0.168. The minimum atomic E-state index is -3.64. The number of nitrogens with two attached hydrogens (primary N) is 1. The van der Waals surface area contributed by atoms with Gasteiger partial charge in [-0.2, -0.15) is 0 Å². The van der Waals surface area contributed by atoms with Crippen LogP contribution in [0.5, 0.6) is 11.5 Å². The maximum atomic E-state index is 12.7. The van der Waals surface area contributed by atoms with E-state index in [2.05, 4.69) is 0 Å². The Morgan fingerprint density at radius 2 is 1.76 bits per heavy atom. The number of ether oxygens (including phenoxy) is 3.